The fourth-order valence-corrected chi connectivity index (χ4v) is 3.71. The van der Waals surface area contributed by atoms with Crippen molar-refractivity contribution in [1.82, 2.24) is 14.5 Å². The summed E-state index contributed by atoms with van der Waals surface area (Å²) in [5.41, 5.74) is 1.05. The van der Waals surface area contributed by atoms with Crippen molar-refractivity contribution in [2.45, 2.75) is 25.7 Å². The number of piperidine rings is 1. The van der Waals surface area contributed by atoms with Crippen LogP contribution in [-0.2, 0) is 18.3 Å². The van der Waals surface area contributed by atoms with Crippen LogP contribution < -0.4 is 9.47 Å². The van der Waals surface area contributed by atoms with Crippen molar-refractivity contribution >= 4 is 11.7 Å². The van der Waals surface area contributed by atoms with Gasteiger partial charge in [-0.25, -0.2) is 4.98 Å². The standard InChI is InChI=1S/C20H23N3O4/c1-22-10-8-21-20(22)19(25)15-3-2-9-23(12-15)18(24)7-5-14-4-6-16-17(11-14)27-13-26-16/h4,6,8,10-11,15H,2-3,5,7,9,12-13H2,1H3. The first-order chi connectivity index (χ1) is 13.1. The number of hydrogen-bond donors (Lipinski definition) is 0. The molecule has 4 rings (SSSR count). The number of rotatable bonds is 5. The minimum Gasteiger partial charge on any atom is -0.454 e. The highest BCUT2D eigenvalue weighted by Gasteiger charge is 2.30. The lowest BCUT2D eigenvalue weighted by atomic mass is 9.93. The van der Waals surface area contributed by atoms with E-state index in [2.05, 4.69) is 4.98 Å². The van der Waals surface area contributed by atoms with E-state index in [4.69, 9.17) is 9.47 Å². The highest BCUT2D eigenvalue weighted by molar-refractivity contribution is 5.95. The molecular weight excluding hydrogens is 346 g/mol. The van der Waals surface area contributed by atoms with Crippen LogP contribution in [0.2, 0.25) is 0 Å². The predicted molar refractivity (Wildman–Crippen MR) is 97.7 cm³/mol. The molecule has 0 saturated carbocycles. The average Bonchev–Trinajstić information content (AvgIpc) is 3.33. The van der Waals surface area contributed by atoms with Gasteiger partial charge in [0.1, 0.15) is 0 Å². The molecule has 27 heavy (non-hydrogen) atoms. The lowest BCUT2D eigenvalue weighted by Gasteiger charge is -2.32. The zero-order chi connectivity index (χ0) is 18.8. The number of carbonyl (C=O) groups is 2. The summed E-state index contributed by atoms with van der Waals surface area (Å²) in [5, 5.41) is 0. The Bertz CT molecular complexity index is 861. The van der Waals surface area contributed by atoms with Gasteiger partial charge in [-0.1, -0.05) is 6.07 Å². The van der Waals surface area contributed by atoms with Crippen molar-refractivity contribution in [1.29, 1.82) is 0 Å². The summed E-state index contributed by atoms with van der Waals surface area (Å²) in [5.74, 6) is 1.89. The van der Waals surface area contributed by atoms with Crippen molar-refractivity contribution in [2.24, 2.45) is 13.0 Å². The number of likely N-dealkylation sites (tertiary alicyclic amines) is 1. The van der Waals surface area contributed by atoms with Gasteiger partial charge in [0.2, 0.25) is 18.5 Å². The van der Waals surface area contributed by atoms with Gasteiger partial charge >= 0.3 is 0 Å². The monoisotopic (exact) mass is 369 g/mol. The van der Waals surface area contributed by atoms with E-state index in [1.807, 2.05) is 30.1 Å². The first-order valence-corrected chi connectivity index (χ1v) is 9.29. The Balaban J connectivity index is 1.34. The number of aromatic nitrogens is 2. The lowest BCUT2D eigenvalue weighted by molar-refractivity contribution is -0.132. The molecule has 0 spiro atoms. The molecule has 3 heterocycles. The molecule has 142 valence electrons. The van der Waals surface area contributed by atoms with Crippen LogP contribution in [0.25, 0.3) is 0 Å². The van der Waals surface area contributed by atoms with Gasteiger partial charge < -0.3 is 18.9 Å². The van der Waals surface area contributed by atoms with Gasteiger partial charge in [-0.3, -0.25) is 9.59 Å². The van der Waals surface area contributed by atoms with Crippen LogP contribution in [0.1, 0.15) is 35.4 Å². The van der Waals surface area contributed by atoms with E-state index in [0.29, 0.717) is 31.8 Å². The maximum atomic E-state index is 12.7. The van der Waals surface area contributed by atoms with Crippen LogP contribution in [0.15, 0.2) is 30.6 Å². The number of nitrogens with zero attached hydrogens (tertiary/aromatic N) is 3. The van der Waals surface area contributed by atoms with E-state index >= 15 is 0 Å². The normalized spacial score (nSPS) is 18.6. The fourth-order valence-electron chi connectivity index (χ4n) is 3.71. The van der Waals surface area contributed by atoms with Gasteiger partial charge in [0.15, 0.2) is 17.3 Å². The summed E-state index contributed by atoms with van der Waals surface area (Å²) in [6, 6.07) is 5.77. The molecule has 2 aliphatic rings. The van der Waals surface area contributed by atoms with Crippen LogP contribution in [-0.4, -0.2) is 46.0 Å². The Morgan fingerprint density at radius 3 is 2.93 bits per heavy atom. The number of imidazole rings is 1. The van der Waals surface area contributed by atoms with Crippen LogP contribution in [0.5, 0.6) is 11.5 Å². The van der Waals surface area contributed by atoms with E-state index in [0.717, 1.165) is 29.9 Å². The molecule has 7 heteroatoms. The maximum absolute atomic E-state index is 12.7. The summed E-state index contributed by atoms with van der Waals surface area (Å²) < 4.78 is 12.4. The molecule has 1 fully saturated rings. The molecule has 1 unspecified atom stereocenters. The number of Topliss-reactive ketones (excluding diaryl/α,β-unsaturated/α-hetero) is 1. The molecule has 1 atom stereocenters. The van der Waals surface area contributed by atoms with Gasteiger partial charge in [-0.2, -0.15) is 0 Å². The van der Waals surface area contributed by atoms with Crippen LogP contribution in [0.3, 0.4) is 0 Å². The van der Waals surface area contributed by atoms with E-state index in [1.165, 1.54) is 0 Å². The van der Waals surface area contributed by atoms with E-state index in [9.17, 15) is 9.59 Å². The Morgan fingerprint density at radius 2 is 2.11 bits per heavy atom. The third kappa shape index (κ3) is 3.67. The molecule has 1 amide bonds. The van der Waals surface area contributed by atoms with Crippen molar-refractivity contribution in [3.8, 4) is 11.5 Å². The molecular formula is C20H23N3O4. The molecule has 2 aromatic rings. The number of ether oxygens (including phenoxy) is 2. The zero-order valence-corrected chi connectivity index (χ0v) is 15.4. The molecule has 1 aromatic carbocycles. The van der Waals surface area contributed by atoms with E-state index in [1.54, 1.807) is 17.0 Å². The second-order valence-electron chi connectivity index (χ2n) is 7.09. The Hall–Kier alpha value is -2.83. The average molecular weight is 369 g/mol. The lowest BCUT2D eigenvalue weighted by Crippen LogP contribution is -2.42. The van der Waals surface area contributed by atoms with Crippen molar-refractivity contribution in [3.63, 3.8) is 0 Å². The second-order valence-corrected chi connectivity index (χ2v) is 7.09. The largest absolute Gasteiger partial charge is 0.454 e. The number of carbonyl (C=O) groups excluding carboxylic acids is 2. The minimum atomic E-state index is -0.172. The van der Waals surface area contributed by atoms with E-state index in [-0.39, 0.29) is 24.4 Å². The predicted octanol–water partition coefficient (Wildman–Crippen LogP) is 2.20. The Kier molecular flexibility index (Phi) is 4.83. The van der Waals surface area contributed by atoms with Crippen molar-refractivity contribution in [3.05, 3.63) is 42.0 Å². The summed E-state index contributed by atoms with van der Waals surface area (Å²) in [7, 11) is 1.82. The third-order valence-corrected chi connectivity index (χ3v) is 5.25. The number of ketones is 1. The van der Waals surface area contributed by atoms with Gasteiger partial charge in [0, 0.05) is 44.9 Å². The number of hydrogen-bond acceptors (Lipinski definition) is 5. The fraction of sp³-hybridized carbons (Fsp3) is 0.450. The maximum Gasteiger partial charge on any atom is 0.231 e. The smallest absolute Gasteiger partial charge is 0.231 e. The van der Waals surface area contributed by atoms with Gasteiger partial charge in [-0.05, 0) is 37.0 Å². The number of amides is 1. The molecule has 7 nitrogen and oxygen atoms in total. The first kappa shape index (κ1) is 17.6. The minimum absolute atomic E-state index is 0.0239. The molecule has 0 aliphatic carbocycles. The summed E-state index contributed by atoms with van der Waals surface area (Å²) >= 11 is 0. The van der Waals surface area contributed by atoms with Gasteiger partial charge in [-0.15, -0.1) is 0 Å². The van der Waals surface area contributed by atoms with Crippen LogP contribution >= 0.6 is 0 Å². The quantitative estimate of drug-likeness (QED) is 0.756. The third-order valence-electron chi connectivity index (χ3n) is 5.25. The van der Waals surface area contributed by atoms with Crippen LogP contribution in [0, 0.1) is 5.92 Å². The molecule has 1 saturated heterocycles. The molecule has 1 aromatic heterocycles. The highest BCUT2D eigenvalue weighted by Crippen LogP contribution is 2.32. The van der Waals surface area contributed by atoms with E-state index < -0.39 is 0 Å². The molecule has 0 bridgehead atoms. The Morgan fingerprint density at radius 1 is 1.26 bits per heavy atom. The summed E-state index contributed by atoms with van der Waals surface area (Å²) in [6.07, 6.45) is 6.11. The van der Waals surface area contributed by atoms with Crippen molar-refractivity contribution < 1.29 is 19.1 Å². The van der Waals surface area contributed by atoms with Gasteiger partial charge in [0.05, 0.1) is 0 Å². The SMILES string of the molecule is Cn1ccnc1C(=O)C1CCCN(C(=O)CCc2ccc3c(c2)OCO3)C1. The number of fused-ring (bicyclic) bond motifs is 1. The molecule has 0 radical (unpaired) electrons. The summed E-state index contributed by atoms with van der Waals surface area (Å²) in [6.45, 7) is 1.44. The first-order valence-electron chi connectivity index (χ1n) is 9.29. The molecule has 0 N–H and O–H groups in total. The number of aryl methyl sites for hydroxylation is 2. The summed E-state index contributed by atoms with van der Waals surface area (Å²) in [4.78, 5) is 31.3. The van der Waals surface area contributed by atoms with Gasteiger partial charge in [0.25, 0.3) is 0 Å². The number of benzene rings is 1. The van der Waals surface area contributed by atoms with Crippen molar-refractivity contribution in [2.75, 3.05) is 19.9 Å². The van der Waals surface area contributed by atoms with Crippen LogP contribution in [0.4, 0.5) is 0 Å². The zero-order valence-electron chi connectivity index (χ0n) is 15.4. The molecule has 2 aliphatic heterocycles. The second kappa shape index (κ2) is 7.42. The Labute approximate surface area is 157 Å². The highest BCUT2D eigenvalue weighted by atomic mass is 16.7. The topological polar surface area (TPSA) is 73.7 Å².